The summed E-state index contributed by atoms with van der Waals surface area (Å²) < 4.78 is 0. The smallest absolute Gasteiger partial charge is 0.0132 e. The van der Waals surface area contributed by atoms with Crippen molar-refractivity contribution in [3.05, 3.63) is 29.3 Å². The van der Waals surface area contributed by atoms with Gasteiger partial charge in [0.05, 0.1) is 0 Å². The Labute approximate surface area is 64.4 Å². The van der Waals surface area contributed by atoms with Gasteiger partial charge in [0.1, 0.15) is 0 Å². The van der Waals surface area contributed by atoms with Gasteiger partial charge in [-0.2, -0.15) is 0 Å². The maximum Gasteiger partial charge on any atom is -0.0132 e. The largest absolute Gasteiger partial charge is 0.0765 e. The zero-order valence-corrected chi connectivity index (χ0v) is 7.65. The molecule has 0 aliphatic heterocycles. The van der Waals surface area contributed by atoms with Gasteiger partial charge in [0.2, 0.25) is 0 Å². The lowest BCUT2D eigenvalue weighted by atomic mass is 9.88. The summed E-state index contributed by atoms with van der Waals surface area (Å²) in [4.78, 5) is 0. The zero-order chi connectivity index (χ0) is 7.61. The zero-order valence-electron chi connectivity index (χ0n) is 6.76. The van der Waals surface area contributed by atoms with Crippen LogP contribution in [-0.4, -0.2) is 0 Å². The molecule has 0 saturated heterocycles. The van der Waals surface area contributed by atoms with E-state index in [1.54, 1.807) is 0 Å². The molecule has 0 aliphatic rings. The van der Waals surface area contributed by atoms with E-state index in [0.29, 0.717) is 5.41 Å². The first-order valence-electron chi connectivity index (χ1n) is 3.51. The van der Waals surface area contributed by atoms with E-state index in [4.69, 9.17) is 0 Å². The molecule has 0 fully saturated rings. The predicted octanol–water partition coefficient (Wildman–Crippen LogP) is 3.56. The molecule has 0 N–H and O–H groups in total. The van der Waals surface area contributed by atoms with E-state index in [-0.39, 0.29) is 0 Å². The van der Waals surface area contributed by atoms with E-state index in [1.165, 1.54) is 13.8 Å². The Hall–Kier alpha value is -0.350. The van der Waals surface area contributed by atoms with Gasteiger partial charge in [-0.3, -0.25) is 0 Å². The van der Waals surface area contributed by atoms with Gasteiger partial charge in [-0.1, -0.05) is 41.1 Å². The SMILES string of the molecule is CC(C)(C)c1ccpcc1. The van der Waals surface area contributed by atoms with E-state index in [9.17, 15) is 0 Å². The summed E-state index contributed by atoms with van der Waals surface area (Å²) in [7, 11) is 1.31. The topological polar surface area (TPSA) is 0 Å². The molecular formula is C9H13P. The van der Waals surface area contributed by atoms with Crippen molar-refractivity contribution in [2.24, 2.45) is 0 Å². The van der Waals surface area contributed by atoms with Gasteiger partial charge in [0.15, 0.2) is 0 Å². The van der Waals surface area contributed by atoms with Crippen molar-refractivity contribution in [1.82, 2.24) is 0 Å². The Morgan fingerprint density at radius 2 is 1.60 bits per heavy atom. The van der Waals surface area contributed by atoms with Gasteiger partial charge >= 0.3 is 0 Å². The van der Waals surface area contributed by atoms with Crippen molar-refractivity contribution < 1.29 is 0 Å². The Bertz CT molecular complexity index is 196. The molecule has 0 atom stereocenters. The summed E-state index contributed by atoms with van der Waals surface area (Å²) in [6, 6.07) is 4.42. The molecule has 0 spiro atoms. The first kappa shape index (κ1) is 7.75. The van der Waals surface area contributed by atoms with E-state index in [1.807, 2.05) is 0 Å². The average Bonchev–Trinajstić information content (AvgIpc) is 1.88. The summed E-state index contributed by atoms with van der Waals surface area (Å²) in [5.74, 6) is 4.36. The molecule has 0 nitrogen and oxygen atoms in total. The van der Waals surface area contributed by atoms with Crippen molar-refractivity contribution >= 4 is 8.19 Å². The second-order valence-corrected chi connectivity index (χ2v) is 4.38. The van der Waals surface area contributed by atoms with Crippen LogP contribution in [-0.2, 0) is 5.41 Å². The average molecular weight is 152 g/mol. The summed E-state index contributed by atoms with van der Waals surface area (Å²) in [5.41, 5.74) is 1.73. The molecule has 1 heteroatoms. The second-order valence-electron chi connectivity index (χ2n) is 3.49. The molecule has 1 rings (SSSR count). The fourth-order valence-corrected chi connectivity index (χ4v) is 1.44. The number of hydrogen-bond donors (Lipinski definition) is 0. The van der Waals surface area contributed by atoms with E-state index < -0.39 is 0 Å². The van der Waals surface area contributed by atoms with Crippen LogP contribution in [0.15, 0.2) is 23.7 Å². The second kappa shape index (κ2) is 2.72. The maximum atomic E-state index is 2.24. The van der Waals surface area contributed by atoms with E-state index in [0.717, 1.165) is 0 Å². The fourth-order valence-electron chi connectivity index (χ4n) is 0.852. The third-order valence-corrected chi connectivity index (χ3v) is 2.19. The van der Waals surface area contributed by atoms with Crippen LogP contribution in [0.3, 0.4) is 0 Å². The Morgan fingerprint density at radius 3 is 1.90 bits per heavy atom. The normalized spacial score (nSPS) is 11.5. The third-order valence-electron chi connectivity index (χ3n) is 1.55. The first-order valence-corrected chi connectivity index (χ1v) is 4.54. The number of hydrogen-bond acceptors (Lipinski definition) is 0. The van der Waals surface area contributed by atoms with Gasteiger partial charge in [0, 0.05) is 0 Å². The van der Waals surface area contributed by atoms with Crippen LogP contribution in [0.4, 0.5) is 0 Å². The summed E-state index contributed by atoms with van der Waals surface area (Å²) in [6.45, 7) is 6.71. The van der Waals surface area contributed by atoms with Crippen LogP contribution in [0.5, 0.6) is 0 Å². The molecule has 0 unspecified atom stereocenters. The monoisotopic (exact) mass is 152 g/mol. The highest BCUT2D eigenvalue weighted by atomic mass is 31.0. The third kappa shape index (κ3) is 1.82. The van der Waals surface area contributed by atoms with Crippen LogP contribution < -0.4 is 0 Å². The number of rotatable bonds is 0. The first-order chi connectivity index (χ1) is 4.61. The van der Waals surface area contributed by atoms with Crippen LogP contribution in [0.1, 0.15) is 26.3 Å². The Kier molecular flexibility index (Phi) is 2.11. The summed E-state index contributed by atoms with van der Waals surface area (Å²) >= 11 is 0. The summed E-state index contributed by atoms with van der Waals surface area (Å²) in [6.07, 6.45) is 0. The molecule has 0 radical (unpaired) electrons. The van der Waals surface area contributed by atoms with Crippen molar-refractivity contribution in [1.29, 1.82) is 0 Å². The highest BCUT2D eigenvalue weighted by Crippen LogP contribution is 2.22. The highest BCUT2D eigenvalue weighted by molar-refractivity contribution is 7.28. The fraction of sp³-hybridized carbons (Fsp3) is 0.444. The van der Waals surface area contributed by atoms with Crippen LogP contribution in [0.25, 0.3) is 0 Å². The molecule has 10 heavy (non-hydrogen) atoms. The van der Waals surface area contributed by atoms with Gasteiger partial charge in [0.25, 0.3) is 0 Å². The molecule has 0 aliphatic carbocycles. The van der Waals surface area contributed by atoms with Crippen molar-refractivity contribution in [2.75, 3.05) is 0 Å². The van der Waals surface area contributed by atoms with Gasteiger partial charge in [-0.05, 0) is 22.6 Å². The molecule has 0 aromatic carbocycles. The van der Waals surface area contributed by atoms with Gasteiger partial charge in [-0.15, -0.1) is 0 Å². The van der Waals surface area contributed by atoms with E-state index in [2.05, 4.69) is 44.5 Å². The van der Waals surface area contributed by atoms with Gasteiger partial charge in [-0.25, -0.2) is 0 Å². The summed E-state index contributed by atoms with van der Waals surface area (Å²) in [5, 5.41) is 0. The minimum atomic E-state index is 0.308. The van der Waals surface area contributed by atoms with Crippen molar-refractivity contribution in [3.63, 3.8) is 0 Å². The molecule has 1 heterocycles. The minimum Gasteiger partial charge on any atom is -0.0765 e. The molecule has 1 aromatic heterocycles. The van der Waals surface area contributed by atoms with Crippen LogP contribution >= 0.6 is 8.19 Å². The Balaban J connectivity index is 2.97. The minimum absolute atomic E-state index is 0.308. The lowest BCUT2D eigenvalue weighted by Crippen LogP contribution is -2.09. The molecule has 0 amide bonds. The van der Waals surface area contributed by atoms with E-state index >= 15 is 0 Å². The predicted molar refractivity (Wildman–Crippen MR) is 47.7 cm³/mol. The standard InChI is InChI=1S/C9H13P/c1-9(2,3)8-4-6-10-7-5-8/h4-7H,1-3H3. The molecule has 1 aromatic rings. The van der Waals surface area contributed by atoms with Crippen LogP contribution in [0.2, 0.25) is 0 Å². The van der Waals surface area contributed by atoms with Gasteiger partial charge < -0.3 is 0 Å². The highest BCUT2D eigenvalue weighted by Gasteiger charge is 2.11. The lowest BCUT2D eigenvalue weighted by Gasteiger charge is -2.17. The molecular weight excluding hydrogens is 139 g/mol. The molecule has 0 saturated carbocycles. The van der Waals surface area contributed by atoms with Crippen molar-refractivity contribution in [3.8, 4) is 0 Å². The van der Waals surface area contributed by atoms with Crippen molar-refractivity contribution in [2.45, 2.75) is 26.2 Å². The quantitative estimate of drug-likeness (QED) is 0.533. The Morgan fingerprint density at radius 1 is 1.10 bits per heavy atom. The molecule has 54 valence electrons. The van der Waals surface area contributed by atoms with Crippen LogP contribution in [0, 0.1) is 0 Å². The maximum absolute atomic E-state index is 2.24. The lowest BCUT2D eigenvalue weighted by molar-refractivity contribution is 0.591. The molecule has 0 bridgehead atoms.